The molecule has 17 heavy (non-hydrogen) atoms. The van der Waals surface area contributed by atoms with Crippen LogP contribution in [0.1, 0.15) is 25.7 Å². The average molecular weight is 255 g/mol. The van der Waals surface area contributed by atoms with Crippen LogP contribution in [0, 0.1) is 0 Å². The third-order valence-corrected chi connectivity index (χ3v) is 2.94. The van der Waals surface area contributed by atoms with Crippen molar-refractivity contribution in [1.29, 1.82) is 0 Å². The zero-order valence-corrected chi connectivity index (χ0v) is 9.28. The molecule has 0 amide bonds. The maximum absolute atomic E-state index is 12.2. The van der Waals surface area contributed by atoms with Crippen molar-refractivity contribution >= 4 is 5.97 Å². The summed E-state index contributed by atoms with van der Waals surface area (Å²) >= 11 is 0. The van der Waals surface area contributed by atoms with E-state index in [1.54, 1.807) is 0 Å². The quantitative estimate of drug-likeness (QED) is 0.793. The van der Waals surface area contributed by atoms with E-state index in [2.05, 4.69) is 0 Å². The number of likely N-dealkylation sites (tertiary alicyclic amines) is 1. The van der Waals surface area contributed by atoms with Crippen LogP contribution in [-0.2, 0) is 4.79 Å². The van der Waals surface area contributed by atoms with Gasteiger partial charge in [-0.15, -0.1) is 0 Å². The van der Waals surface area contributed by atoms with E-state index in [9.17, 15) is 18.0 Å². The molecule has 4 nitrogen and oxygen atoms in total. The smallest absolute Gasteiger partial charge is 0.415 e. The molecule has 0 saturated carbocycles. The lowest BCUT2D eigenvalue weighted by molar-refractivity contribution is -0.210. The summed E-state index contributed by atoms with van der Waals surface area (Å²) in [5.41, 5.74) is 0. The Kier molecular flexibility index (Phi) is 4.76. The molecule has 1 heterocycles. The highest BCUT2D eigenvalue weighted by Crippen LogP contribution is 2.25. The van der Waals surface area contributed by atoms with Crippen LogP contribution >= 0.6 is 0 Å². The molecule has 0 aromatic heterocycles. The topological polar surface area (TPSA) is 60.8 Å². The summed E-state index contributed by atoms with van der Waals surface area (Å²) in [5.74, 6) is -1.02. The predicted octanol–water partition coefficient (Wildman–Crippen LogP) is 1.24. The van der Waals surface area contributed by atoms with Gasteiger partial charge < -0.3 is 10.2 Å². The van der Waals surface area contributed by atoms with Gasteiger partial charge in [-0.1, -0.05) is 6.42 Å². The Balaban J connectivity index is 2.56. The monoisotopic (exact) mass is 255 g/mol. The highest BCUT2D eigenvalue weighted by Gasteiger charge is 2.40. The molecule has 0 aromatic rings. The second-order valence-electron chi connectivity index (χ2n) is 4.30. The zero-order valence-electron chi connectivity index (χ0n) is 9.28. The van der Waals surface area contributed by atoms with Gasteiger partial charge in [0.1, 0.15) is 0 Å². The Morgan fingerprint density at radius 3 is 2.59 bits per heavy atom. The maximum Gasteiger partial charge on any atom is 0.415 e. The van der Waals surface area contributed by atoms with Gasteiger partial charge in [-0.25, -0.2) is 0 Å². The number of hydrogen-bond acceptors (Lipinski definition) is 3. The van der Waals surface area contributed by atoms with E-state index in [0.717, 1.165) is 12.8 Å². The first-order valence-corrected chi connectivity index (χ1v) is 5.51. The number of rotatable bonds is 4. The number of carboxylic acids is 1. The van der Waals surface area contributed by atoms with Crippen LogP contribution < -0.4 is 0 Å². The number of β-amino-alcohol motifs (C(OH)–C–C–N with tert-alkyl or cyclic N) is 1. The number of aliphatic hydroxyl groups excluding tert-OH is 1. The molecule has 1 aliphatic heterocycles. The summed E-state index contributed by atoms with van der Waals surface area (Å²) in [6.07, 6.45) is -5.11. The van der Waals surface area contributed by atoms with Gasteiger partial charge in [0.15, 0.2) is 6.10 Å². The third-order valence-electron chi connectivity index (χ3n) is 2.94. The standard InChI is InChI=1S/C10H16F3NO3/c11-10(12,13)8(15)6-14-4-2-1-3-7(14)5-9(16)17/h7-8,15H,1-6H2,(H,16,17). The largest absolute Gasteiger partial charge is 0.481 e. The summed E-state index contributed by atoms with van der Waals surface area (Å²) in [7, 11) is 0. The lowest BCUT2D eigenvalue weighted by Crippen LogP contribution is -2.48. The SMILES string of the molecule is O=C(O)CC1CCCCN1CC(O)C(F)(F)F. The molecule has 1 rings (SSSR count). The van der Waals surface area contributed by atoms with E-state index in [1.165, 1.54) is 4.90 Å². The summed E-state index contributed by atoms with van der Waals surface area (Å²) in [6, 6.07) is -0.404. The lowest BCUT2D eigenvalue weighted by atomic mass is 9.99. The zero-order chi connectivity index (χ0) is 13.1. The molecule has 0 spiro atoms. The van der Waals surface area contributed by atoms with E-state index >= 15 is 0 Å². The third kappa shape index (κ3) is 4.51. The molecule has 100 valence electrons. The van der Waals surface area contributed by atoms with Gasteiger partial charge in [0.25, 0.3) is 0 Å². The van der Waals surface area contributed by atoms with E-state index < -0.39 is 30.8 Å². The van der Waals surface area contributed by atoms with E-state index in [0.29, 0.717) is 13.0 Å². The van der Waals surface area contributed by atoms with Gasteiger partial charge in [0.05, 0.1) is 6.42 Å². The molecule has 2 N–H and O–H groups in total. The van der Waals surface area contributed by atoms with Crippen LogP contribution in [0.15, 0.2) is 0 Å². The molecule has 0 aliphatic carbocycles. The second-order valence-corrected chi connectivity index (χ2v) is 4.30. The number of alkyl halides is 3. The van der Waals surface area contributed by atoms with E-state index in [1.807, 2.05) is 0 Å². The van der Waals surface area contributed by atoms with Crippen molar-refractivity contribution in [1.82, 2.24) is 4.90 Å². The predicted molar refractivity (Wildman–Crippen MR) is 53.5 cm³/mol. The van der Waals surface area contributed by atoms with Crippen molar-refractivity contribution in [3.63, 3.8) is 0 Å². The van der Waals surface area contributed by atoms with Gasteiger partial charge >= 0.3 is 12.1 Å². The number of aliphatic hydroxyl groups is 1. The summed E-state index contributed by atoms with van der Waals surface area (Å²) in [6.45, 7) is -0.132. The highest BCUT2D eigenvalue weighted by molar-refractivity contribution is 5.67. The van der Waals surface area contributed by atoms with Crippen molar-refractivity contribution in [3.05, 3.63) is 0 Å². The minimum absolute atomic E-state index is 0.176. The van der Waals surface area contributed by atoms with E-state index in [4.69, 9.17) is 10.2 Å². The first-order chi connectivity index (χ1) is 7.80. The molecular weight excluding hydrogens is 239 g/mol. The van der Waals surface area contributed by atoms with Gasteiger partial charge in [-0.3, -0.25) is 9.69 Å². The number of hydrogen-bond donors (Lipinski definition) is 2. The van der Waals surface area contributed by atoms with Crippen LogP contribution in [0.2, 0.25) is 0 Å². The Bertz CT molecular complexity index is 270. The highest BCUT2D eigenvalue weighted by atomic mass is 19.4. The number of carboxylic acid groups (broad SMARTS) is 1. The van der Waals surface area contributed by atoms with Crippen LogP contribution in [0.4, 0.5) is 13.2 Å². The Labute approximate surface area is 97.0 Å². The number of piperidine rings is 1. The van der Waals surface area contributed by atoms with Crippen molar-refractivity contribution in [2.75, 3.05) is 13.1 Å². The number of halogens is 3. The van der Waals surface area contributed by atoms with Gasteiger partial charge in [0, 0.05) is 12.6 Å². The Morgan fingerprint density at radius 2 is 2.06 bits per heavy atom. The van der Waals surface area contributed by atoms with Gasteiger partial charge in [0.2, 0.25) is 0 Å². The number of nitrogens with zero attached hydrogens (tertiary/aromatic N) is 1. The Morgan fingerprint density at radius 1 is 1.41 bits per heavy atom. The molecule has 2 unspecified atom stereocenters. The molecule has 0 bridgehead atoms. The van der Waals surface area contributed by atoms with Crippen LogP contribution in [0.3, 0.4) is 0 Å². The lowest BCUT2D eigenvalue weighted by Gasteiger charge is -2.36. The summed E-state index contributed by atoms with van der Waals surface area (Å²) in [4.78, 5) is 12.0. The summed E-state index contributed by atoms with van der Waals surface area (Å²) in [5, 5.41) is 17.6. The average Bonchev–Trinajstić information content (AvgIpc) is 2.18. The fraction of sp³-hybridized carbons (Fsp3) is 0.900. The fourth-order valence-corrected chi connectivity index (χ4v) is 2.06. The first-order valence-electron chi connectivity index (χ1n) is 5.51. The molecule has 7 heteroatoms. The molecule has 1 aliphatic rings. The molecule has 1 fully saturated rings. The van der Waals surface area contributed by atoms with Crippen molar-refractivity contribution in [2.24, 2.45) is 0 Å². The number of carbonyl (C=O) groups is 1. The fourth-order valence-electron chi connectivity index (χ4n) is 2.06. The van der Waals surface area contributed by atoms with Crippen LogP contribution in [-0.4, -0.2) is 52.5 Å². The molecule has 2 atom stereocenters. The van der Waals surface area contributed by atoms with E-state index in [-0.39, 0.29) is 6.42 Å². The van der Waals surface area contributed by atoms with Crippen LogP contribution in [0.5, 0.6) is 0 Å². The minimum atomic E-state index is -4.65. The first kappa shape index (κ1) is 14.2. The number of aliphatic carboxylic acids is 1. The van der Waals surface area contributed by atoms with Crippen molar-refractivity contribution < 1.29 is 28.2 Å². The molecule has 0 radical (unpaired) electrons. The summed E-state index contributed by atoms with van der Waals surface area (Å²) < 4.78 is 36.6. The Hall–Kier alpha value is -0.820. The van der Waals surface area contributed by atoms with Gasteiger partial charge in [-0.2, -0.15) is 13.2 Å². The normalized spacial score (nSPS) is 24.6. The minimum Gasteiger partial charge on any atom is -0.481 e. The van der Waals surface area contributed by atoms with Crippen LogP contribution in [0.25, 0.3) is 0 Å². The second kappa shape index (κ2) is 5.68. The molecule has 1 saturated heterocycles. The van der Waals surface area contributed by atoms with Crippen molar-refractivity contribution in [2.45, 2.75) is 44.0 Å². The maximum atomic E-state index is 12.2. The van der Waals surface area contributed by atoms with Gasteiger partial charge in [-0.05, 0) is 19.4 Å². The molecule has 0 aromatic carbocycles. The molecular formula is C10H16F3NO3. The van der Waals surface area contributed by atoms with Crippen molar-refractivity contribution in [3.8, 4) is 0 Å².